The van der Waals surface area contributed by atoms with Gasteiger partial charge in [-0.3, -0.25) is 14.8 Å². The lowest BCUT2D eigenvalue weighted by Gasteiger charge is -2.29. The number of hydrogen-bond acceptors (Lipinski definition) is 3. The van der Waals surface area contributed by atoms with Gasteiger partial charge in [-0.05, 0) is 6.92 Å². The van der Waals surface area contributed by atoms with Crippen LogP contribution in [0.3, 0.4) is 0 Å². The van der Waals surface area contributed by atoms with Crippen LogP contribution in [0.25, 0.3) is 0 Å². The first kappa shape index (κ1) is 9.21. The van der Waals surface area contributed by atoms with E-state index in [2.05, 4.69) is 10.2 Å². The monoisotopic (exact) mass is 195 g/mol. The van der Waals surface area contributed by atoms with E-state index < -0.39 is 12.0 Å². The number of carboxylic acid groups (broad SMARTS) is 1. The summed E-state index contributed by atoms with van der Waals surface area (Å²) in [6.45, 7) is 3.18. The summed E-state index contributed by atoms with van der Waals surface area (Å²) in [6, 6.07) is -0.418. The molecule has 0 amide bonds. The van der Waals surface area contributed by atoms with Crippen LogP contribution < -0.4 is 0 Å². The Morgan fingerprint density at radius 3 is 3.29 bits per heavy atom. The highest BCUT2D eigenvalue weighted by atomic mass is 16.4. The van der Waals surface area contributed by atoms with Gasteiger partial charge in [-0.2, -0.15) is 5.10 Å². The van der Waals surface area contributed by atoms with Crippen LogP contribution in [0.2, 0.25) is 0 Å². The molecule has 0 spiro atoms. The fraction of sp³-hybridized carbons (Fsp3) is 0.556. The first-order valence-electron chi connectivity index (χ1n) is 4.66. The standard InChI is InChI=1S/C9H13N3O2/c1-6(9(13)14)12-3-2-8-7(5-12)4-10-11-8/h4,6H,2-3,5H2,1H3,(H,10,11)(H,13,14). The van der Waals surface area contributed by atoms with Crippen LogP contribution in [0.15, 0.2) is 6.20 Å². The zero-order chi connectivity index (χ0) is 10.1. The van der Waals surface area contributed by atoms with Crippen molar-refractivity contribution in [3.05, 3.63) is 17.5 Å². The highest BCUT2D eigenvalue weighted by Crippen LogP contribution is 2.17. The Balaban J connectivity index is 2.11. The van der Waals surface area contributed by atoms with E-state index >= 15 is 0 Å². The number of aromatic nitrogens is 2. The van der Waals surface area contributed by atoms with Crippen LogP contribution in [0, 0.1) is 0 Å². The number of H-pyrrole nitrogens is 1. The number of carboxylic acids is 1. The van der Waals surface area contributed by atoms with Crippen molar-refractivity contribution >= 4 is 5.97 Å². The number of aromatic amines is 1. The molecule has 0 bridgehead atoms. The van der Waals surface area contributed by atoms with Crippen molar-refractivity contribution in [2.75, 3.05) is 6.54 Å². The molecule has 5 nitrogen and oxygen atoms in total. The second kappa shape index (κ2) is 3.42. The highest BCUT2D eigenvalue weighted by molar-refractivity contribution is 5.72. The van der Waals surface area contributed by atoms with E-state index in [9.17, 15) is 4.79 Å². The number of hydrogen-bond donors (Lipinski definition) is 2. The van der Waals surface area contributed by atoms with E-state index in [0.29, 0.717) is 6.54 Å². The normalized spacial score (nSPS) is 18.9. The summed E-state index contributed by atoms with van der Waals surface area (Å²) >= 11 is 0. The van der Waals surface area contributed by atoms with Crippen molar-refractivity contribution in [3.63, 3.8) is 0 Å². The maximum absolute atomic E-state index is 10.8. The molecule has 0 radical (unpaired) electrons. The van der Waals surface area contributed by atoms with Gasteiger partial charge in [0.2, 0.25) is 0 Å². The smallest absolute Gasteiger partial charge is 0.320 e. The topological polar surface area (TPSA) is 69.2 Å². The Morgan fingerprint density at radius 1 is 1.79 bits per heavy atom. The van der Waals surface area contributed by atoms with Gasteiger partial charge in [-0.25, -0.2) is 0 Å². The van der Waals surface area contributed by atoms with Gasteiger partial charge < -0.3 is 5.11 Å². The quantitative estimate of drug-likeness (QED) is 0.709. The lowest BCUT2D eigenvalue weighted by Crippen LogP contribution is -2.41. The van der Waals surface area contributed by atoms with Crippen LogP contribution in [0.4, 0.5) is 0 Å². The Bertz CT molecular complexity index is 348. The molecular weight excluding hydrogens is 182 g/mol. The predicted octanol–water partition coefficient (Wildman–Crippen LogP) is 0.241. The molecule has 2 N–H and O–H groups in total. The van der Waals surface area contributed by atoms with Crippen LogP contribution in [-0.2, 0) is 17.8 Å². The largest absolute Gasteiger partial charge is 0.480 e. The third-order valence-electron chi connectivity index (χ3n) is 2.74. The maximum Gasteiger partial charge on any atom is 0.320 e. The molecule has 1 aliphatic rings. The highest BCUT2D eigenvalue weighted by Gasteiger charge is 2.25. The minimum Gasteiger partial charge on any atom is -0.480 e. The van der Waals surface area contributed by atoms with Crippen LogP contribution in [0.1, 0.15) is 18.2 Å². The summed E-state index contributed by atoms with van der Waals surface area (Å²) < 4.78 is 0. The molecule has 1 aromatic rings. The minimum absolute atomic E-state index is 0.418. The number of aliphatic carboxylic acids is 1. The zero-order valence-electron chi connectivity index (χ0n) is 8.03. The molecule has 14 heavy (non-hydrogen) atoms. The fourth-order valence-electron chi connectivity index (χ4n) is 1.73. The molecule has 0 fully saturated rings. The summed E-state index contributed by atoms with van der Waals surface area (Å²) in [7, 11) is 0. The molecule has 0 aliphatic carbocycles. The van der Waals surface area contributed by atoms with E-state index in [1.165, 1.54) is 0 Å². The summed E-state index contributed by atoms with van der Waals surface area (Å²) in [5, 5.41) is 15.7. The summed E-state index contributed by atoms with van der Waals surface area (Å²) in [6.07, 6.45) is 2.63. The summed E-state index contributed by atoms with van der Waals surface area (Å²) in [5.74, 6) is -0.767. The predicted molar refractivity (Wildman–Crippen MR) is 49.8 cm³/mol. The Kier molecular flexibility index (Phi) is 2.25. The van der Waals surface area contributed by atoms with Gasteiger partial charge in [0, 0.05) is 30.8 Å². The van der Waals surface area contributed by atoms with Gasteiger partial charge in [0.1, 0.15) is 6.04 Å². The Labute approximate surface area is 81.7 Å². The summed E-state index contributed by atoms with van der Waals surface area (Å²) in [5.41, 5.74) is 2.25. The SMILES string of the molecule is CC(C(=O)O)N1CCc2[nH]ncc2C1. The van der Waals surface area contributed by atoms with Crippen molar-refractivity contribution < 1.29 is 9.90 Å². The van der Waals surface area contributed by atoms with Gasteiger partial charge >= 0.3 is 5.97 Å². The van der Waals surface area contributed by atoms with Crippen molar-refractivity contribution in [2.45, 2.75) is 25.9 Å². The Hall–Kier alpha value is -1.36. The Morgan fingerprint density at radius 2 is 2.57 bits per heavy atom. The van der Waals surface area contributed by atoms with Gasteiger partial charge in [0.25, 0.3) is 0 Å². The number of nitrogens with zero attached hydrogens (tertiary/aromatic N) is 2. The molecule has 1 unspecified atom stereocenters. The zero-order valence-corrected chi connectivity index (χ0v) is 8.03. The first-order valence-corrected chi connectivity index (χ1v) is 4.66. The third kappa shape index (κ3) is 1.50. The second-order valence-electron chi connectivity index (χ2n) is 3.61. The molecule has 1 aromatic heterocycles. The molecule has 76 valence electrons. The van der Waals surface area contributed by atoms with Gasteiger partial charge in [-0.15, -0.1) is 0 Å². The lowest BCUT2D eigenvalue weighted by molar-refractivity contribution is -0.143. The molecule has 0 saturated heterocycles. The average molecular weight is 195 g/mol. The summed E-state index contributed by atoms with van der Waals surface area (Å²) in [4.78, 5) is 12.7. The fourth-order valence-corrected chi connectivity index (χ4v) is 1.73. The molecule has 2 rings (SSSR count). The van der Waals surface area contributed by atoms with E-state index in [1.54, 1.807) is 13.1 Å². The number of fused-ring (bicyclic) bond motifs is 1. The molecule has 2 heterocycles. The average Bonchev–Trinajstić information content (AvgIpc) is 2.62. The molecular formula is C9H13N3O2. The van der Waals surface area contributed by atoms with Crippen molar-refractivity contribution in [3.8, 4) is 0 Å². The lowest BCUT2D eigenvalue weighted by atomic mass is 10.1. The van der Waals surface area contributed by atoms with E-state index in [0.717, 1.165) is 24.2 Å². The first-order chi connectivity index (χ1) is 6.68. The number of carbonyl (C=O) groups is 1. The van der Waals surface area contributed by atoms with Crippen molar-refractivity contribution in [2.24, 2.45) is 0 Å². The maximum atomic E-state index is 10.8. The van der Waals surface area contributed by atoms with E-state index in [-0.39, 0.29) is 0 Å². The minimum atomic E-state index is -0.767. The molecule has 1 atom stereocenters. The van der Waals surface area contributed by atoms with E-state index in [1.807, 2.05) is 4.90 Å². The van der Waals surface area contributed by atoms with Gasteiger partial charge in [0.05, 0.1) is 6.20 Å². The molecule has 0 aromatic carbocycles. The van der Waals surface area contributed by atoms with Gasteiger partial charge in [0.15, 0.2) is 0 Å². The van der Waals surface area contributed by atoms with Crippen LogP contribution in [0.5, 0.6) is 0 Å². The third-order valence-corrected chi connectivity index (χ3v) is 2.74. The van der Waals surface area contributed by atoms with E-state index in [4.69, 9.17) is 5.11 Å². The molecule has 5 heteroatoms. The van der Waals surface area contributed by atoms with Crippen molar-refractivity contribution in [1.29, 1.82) is 0 Å². The molecule has 1 aliphatic heterocycles. The van der Waals surface area contributed by atoms with Crippen LogP contribution in [-0.4, -0.2) is 38.8 Å². The number of rotatable bonds is 2. The van der Waals surface area contributed by atoms with Crippen molar-refractivity contribution in [1.82, 2.24) is 15.1 Å². The second-order valence-corrected chi connectivity index (χ2v) is 3.61. The molecule has 0 saturated carbocycles. The van der Waals surface area contributed by atoms with Gasteiger partial charge in [-0.1, -0.05) is 0 Å². The van der Waals surface area contributed by atoms with Crippen LogP contribution >= 0.6 is 0 Å². The number of nitrogens with one attached hydrogen (secondary N) is 1.